The lowest BCUT2D eigenvalue weighted by Crippen LogP contribution is -2.24. The maximum Gasteiger partial charge on any atom is 0.221 e. The minimum Gasteiger partial charge on any atom is -0.506 e. The van der Waals surface area contributed by atoms with E-state index in [2.05, 4.69) is 48.7 Å². The molecule has 0 heterocycles. The minimum atomic E-state index is -0.182. The zero-order chi connectivity index (χ0) is 21.1. The molecule has 0 bridgehead atoms. The SMILES string of the molecule is CCCCc1ccc(CCNC(CCCC)c2ccc(O)c(NC(C)=O)c2)cc1. The number of hydrogen-bond donors (Lipinski definition) is 3. The number of anilines is 1. The Morgan fingerprint density at radius 2 is 1.62 bits per heavy atom. The molecular weight excluding hydrogens is 360 g/mol. The number of carbonyl (C=O) groups is 1. The fourth-order valence-electron chi connectivity index (χ4n) is 3.50. The Bertz CT molecular complexity index is 756. The monoisotopic (exact) mass is 396 g/mol. The number of hydrogen-bond acceptors (Lipinski definition) is 3. The molecule has 0 aliphatic carbocycles. The molecule has 0 aliphatic heterocycles. The van der Waals surface area contributed by atoms with Gasteiger partial charge >= 0.3 is 0 Å². The van der Waals surface area contributed by atoms with Crippen LogP contribution in [0.2, 0.25) is 0 Å². The zero-order valence-electron chi connectivity index (χ0n) is 18.1. The summed E-state index contributed by atoms with van der Waals surface area (Å²) in [5, 5.41) is 16.4. The second kappa shape index (κ2) is 12.3. The van der Waals surface area contributed by atoms with Crippen LogP contribution in [0.3, 0.4) is 0 Å². The van der Waals surface area contributed by atoms with Gasteiger partial charge in [-0.3, -0.25) is 4.79 Å². The average molecular weight is 397 g/mol. The van der Waals surface area contributed by atoms with Crippen LogP contribution >= 0.6 is 0 Å². The lowest BCUT2D eigenvalue weighted by molar-refractivity contribution is -0.114. The number of unbranched alkanes of at least 4 members (excludes halogenated alkanes) is 2. The van der Waals surface area contributed by atoms with Gasteiger partial charge in [-0.25, -0.2) is 0 Å². The van der Waals surface area contributed by atoms with E-state index in [1.807, 2.05) is 12.1 Å². The van der Waals surface area contributed by atoms with Crippen LogP contribution in [0.1, 0.15) is 75.6 Å². The highest BCUT2D eigenvalue weighted by Gasteiger charge is 2.13. The van der Waals surface area contributed by atoms with Gasteiger partial charge in [0.2, 0.25) is 5.91 Å². The first-order valence-electron chi connectivity index (χ1n) is 10.9. The molecule has 29 heavy (non-hydrogen) atoms. The smallest absolute Gasteiger partial charge is 0.221 e. The van der Waals surface area contributed by atoms with Crippen LogP contribution in [0.15, 0.2) is 42.5 Å². The van der Waals surface area contributed by atoms with Crippen molar-refractivity contribution in [3.05, 3.63) is 59.2 Å². The first-order chi connectivity index (χ1) is 14.0. The summed E-state index contributed by atoms with van der Waals surface area (Å²) in [6.07, 6.45) is 7.89. The highest BCUT2D eigenvalue weighted by atomic mass is 16.3. The lowest BCUT2D eigenvalue weighted by atomic mass is 9.99. The van der Waals surface area contributed by atoms with Crippen molar-refractivity contribution in [3.8, 4) is 5.75 Å². The number of phenolic OH excluding ortho intramolecular Hbond substituents is 1. The molecular formula is C25H36N2O2. The first kappa shape index (κ1) is 23.0. The second-order valence-corrected chi connectivity index (χ2v) is 7.78. The normalized spacial score (nSPS) is 12.0. The molecule has 2 aromatic rings. The maximum absolute atomic E-state index is 11.4. The number of aromatic hydroxyl groups is 1. The van der Waals surface area contributed by atoms with E-state index in [1.165, 1.54) is 30.9 Å². The van der Waals surface area contributed by atoms with Crippen LogP contribution in [-0.4, -0.2) is 17.6 Å². The van der Waals surface area contributed by atoms with Gasteiger partial charge in [0, 0.05) is 13.0 Å². The quantitative estimate of drug-likeness (QED) is 0.400. The molecule has 4 heteroatoms. The van der Waals surface area contributed by atoms with E-state index < -0.39 is 0 Å². The Morgan fingerprint density at radius 1 is 0.966 bits per heavy atom. The van der Waals surface area contributed by atoms with Crippen molar-refractivity contribution in [2.24, 2.45) is 0 Å². The van der Waals surface area contributed by atoms with E-state index in [9.17, 15) is 9.90 Å². The average Bonchev–Trinajstić information content (AvgIpc) is 2.71. The van der Waals surface area contributed by atoms with E-state index in [4.69, 9.17) is 0 Å². The van der Waals surface area contributed by atoms with E-state index >= 15 is 0 Å². The summed E-state index contributed by atoms with van der Waals surface area (Å²) in [6.45, 7) is 6.75. The fourth-order valence-corrected chi connectivity index (χ4v) is 3.50. The standard InChI is InChI=1S/C25H36N2O2/c1-4-6-8-20-10-12-21(13-11-20)16-17-26-23(9-7-5-2)22-14-15-25(29)24(18-22)27-19(3)28/h10-15,18,23,26,29H,4-9,16-17H2,1-3H3,(H,27,28). The van der Waals surface area contributed by atoms with Crippen molar-refractivity contribution in [1.82, 2.24) is 5.32 Å². The Kier molecular flexibility index (Phi) is 9.72. The summed E-state index contributed by atoms with van der Waals surface area (Å²) in [4.78, 5) is 11.4. The summed E-state index contributed by atoms with van der Waals surface area (Å²) >= 11 is 0. The maximum atomic E-state index is 11.4. The third-order valence-electron chi connectivity index (χ3n) is 5.23. The largest absolute Gasteiger partial charge is 0.506 e. The van der Waals surface area contributed by atoms with Crippen molar-refractivity contribution in [3.63, 3.8) is 0 Å². The van der Waals surface area contributed by atoms with Crippen LogP contribution in [0.4, 0.5) is 5.69 Å². The van der Waals surface area contributed by atoms with Gasteiger partial charge in [0.05, 0.1) is 5.69 Å². The van der Waals surface area contributed by atoms with Gasteiger partial charge in [0.15, 0.2) is 0 Å². The summed E-state index contributed by atoms with van der Waals surface area (Å²) < 4.78 is 0. The van der Waals surface area contributed by atoms with E-state index in [1.54, 1.807) is 6.07 Å². The molecule has 0 spiro atoms. The van der Waals surface area contributed by atoms with E-state index in [-0.39, 0.29) is 17.7 Å². The number of benzene rings is 2. The molecule has 158 valence electrons. The molecule has 0 fully saturated rings. The number of rotatable bonds is 12. The lowest BCUT2D eigenvalue weighted by Gasteiger charge is -2.20. The predicted octanol–water partition coefficient (Wildman–Crippen LogP) is 5.76. The van der Waals surface area contributed by atoms with Crippen molar-refractivity contribution in [2.45, 2.75) is 71.8 Å². The molecule has 1 atom stereocenters. The molecule has 4 nitrogen and oxygen atoms in total. The summed E-state index contributed by atoms with van der Waals surface area (Å²) in [5.41, 5.74) is 4.33. The first-order valence-corrected chi connectivity index (χ1v) is 10.9. The van der Waals surface area contributed by atoms with Crippen molar-refractivity contribution < 1.29 is 9.90 Å². The zero-order valence-corrected chi connectivity index (χ0v) is 18.1. The second-order valence-electron chi connectivity index (χ2n) is 7.78. The molecule has 1 amide bonds. The molecule has 0 radical (unpaired) electrons. The van der Waals surface area contributed by atoms with Gasteiger partial charge in [-0.15, -0.1) is 0 Å². The predicted molar refractivity (Wildman–Crippen MR) is 121 cm³/mol. The Hall–Kier alpha value is -2.33. The van der Waals surface area contributed by atoms with Crippen LogP contribution < -0.4 is 10.6 Å². The van der Waals surface area contributed by atoms with Crippen LogP contribution in [-0.2, 0) is 17.6 Å². The molecule has 1 unspecified atom stereocenters. The molecule has 0 aliphatic rings. The molecule has 0 aromatic heterocycles. The van der Waals surface area contributed by atoms with Gasteiger partial charge in [-0.05, 0) is 61.1 Å². The Labute approximate surface area is 175 Å². The molecule has 2 rings (SSSR count). The van der Waals surface area contributed by atoms with Crippen LogP contribution in [0.5, 0.6) is 5.75 Å². The molecule has 0 saturated carbocycles. The van der Waals surface area contributed by atoms with Gasteiger partial charge in [-0.1, -0.05) is 63.4 Å². The summed E-state index contributed by atoms with van der Waals surface area (Å²) in [6, 6.07) is 14.7. The number of phenols is 1. The molecule has 0 saturated heterocycles. The van der Waals surface area contributed by atoms with Crippen molar-refractivity contribution in [1.29, 1.82) is 0 Å². The minimum absolute atomic E-state index is 0.0985. The Balaban J connectivity index is 1.99. The fraction of sp³-hybridized carbons (Fsp3) is 0.480. The van der Waals surface area contributed by atoms with Crippen molar-refractivity contribution >= 4 is 11.6 Å². The number of carbonyl (C=O) groups excluding carboxylic acids is 1. The molecule has 3 N–H and O–H groups in total. The summed E-state index contributed by atoms with van der Waals surface area (Å²) in [7, 11) is 0. The molecule has 2 aromatic carbocycles. The van der Waals surface area contributed by atoms with Gasteiger partial charge in [0.25, 0.3) is 0 Å². The highest BCUT2D eigenvalue weighted by molar-refractivity contribution is 5.90. The van der Waals surface area contributed by atoms with Gasteiger partial charge in [0.1, 0.15) is 5.75 Å². The third-order valence-corrected chi connectivity index (χ3v) is 5.23. The van der Waals surface area contributed by atoms with Crippen molar-refractivity contribution in [2.75, 3.05) is 11.9 Å². The number of aryl methyl sites for hydroxylation is 1. The van der Waals surface area contributed by atoms with Gasteiger partial charge in [-0.2, -0.15) is 0 Å². The van der Waals surface area contributed by atoms with E-state index in [0.29, 0.717) is 5.69 Å². The topological polar surface area (TPSA) is 61.4 Å². The number of amides is 1. The van der Waals surface area contributed by atoms with E-state index in [0.717, 1.165) is 44.2 Å². The van der Waals surface area contributed by atoms with Crippen LogP contribution in [0.25, 0.3) is 0 Å². The highest BCUT2D eigenvalue weighted by Crippen LogP contribution is 2.29. The van der Waals surface area contributed by atoms with Gasteiger partial charge < -0.3 is 15.7 Å². The van der Waals surface area contributed by atoms with Crippen LogP contribution in [0, 0.1) is 0 Å². The Morgan fingerprint density at radius 3 is 2.24 bits per heavy atom. The summed E-state index contributed by atoms with van der Waals surface area (Å²) in [5.74, 6) is -0.0840. The number of nitrogens with one attached hydrogen (secondary N) is 2. The third kappa shape index (κ3) is 7.90.